The quantitative estimate of drug-likeness (QED) is 0.615. The minimum Gasteiger partial charge on any atom is -0.633 e. The van der Waals surface area contributed by atoms with Crippen LogP contribution in [0.3, 0.4) is 0 Å². The van der Waals surface area contributed by atoms with Crippen molar-refractivity contribution in [2.24, 2.45) is 0 Å². The molecule has 0 saturated heterocycles. The van der Waals surface area contributed by atoms with E-state index in [0.29, 0.717) is 47.3 Å². The highest BCUT2D eigenvalue weighted by atomic mass is 32.2. The Morgan fingerprint density at radius 3 is 1.83 bits per heavy atom. The standard InChI is InChI=1S/C18H22N2O3S/c1-3-20(21,4-2)14-13-19-15-9-5-7-11-17(15)24(22,23)18-12-8-6-10-16(18)19/h5-12H,3-4,13-14H2,1-2H3. The fourth-order valence-electron chi connectivity index (χ4n) is 3.13. The predicted octanol–water partition coefficient (Wildman–Crippen LogP) is 3.33. The molecule has 0 aromatic heterocycles. The van der Waals surface area contributed by atoms with Gasteiger partial charge in [0.1, 0.15) is 0 Å². The molecule has 0 unspecified atom stereocenters. The second kappa shape index (κ2) is 6.20. The lowest BCUT2D eigenvalue weighted by atomic mass is 10.2. The maximum atomic E-state index is 12.9. The summed E-state index contributed by atoms with van der Waals surface area (Å²) < 4.78 is 25.4. The largest absolute Gasteiger partial charge is 0.633 e. The Morgan fingerprint density at radius 1 is 0.917 bits per heavy atom. The Kier molecular flexibility index (Phi) is 4.38. The summed E-state index contributed by atoms with van der Waals surface area (Å²) in [7, 11) is -3.52. The third-order valence-corrected chi connectivity index (χ3v) is 6.62. The van der Waals surface area contributed by atoms with Crippen LogP contribution in [0.2, 0.25) is 0 Å². The Morgan fingerprint density at radius 2 is 1.38 bits per heavy atom. The van der Waals surface area contributed by atoms with Gasteiger partial charge in [-0.2, -0.15) is 0 Å². The zero-order valence-electron chi connectivity index (χ0n) is 14.0. The van der Waals surface area contributed by atoms with E-state index in [4.69, 9.17) is 0 Å². The summed E-state index contributed by atoms with van der Waals surface area (Å²) in [5.74, 6) is 0. The molecule has 2 aromatic rings. The smallest absolute Gasteiger partial charge is 0.210 e. The van der Waals surface area contributed by atoms with Crippen LogP contribution < -0.4 is 4.90 Å². The summed E-state index contributed by atoms with van der Waals surface area (Å²) in [4.78, 5) is 2.57. The SMILES string of the molecule is CC[N+]([O-])(CC)CCN1c2ccccc2S(=O)(=O)c2ccccc21. The maximum absolute atomic E-state index is 12.9. The first-order valence-electron chi connectivity index (χ1n) is 8.21. The van der Waals surface area contributed by atoms with E-state index < -0.39 is 9.84 Å². The third-order valence-electron chi connectivity index (χ3n) is 4.77. The van der Waals surface area contributed by atoms with E-state index in [1.54, 1.807) is 36.4 Å². The van der Waals surface area contributed by atoms with Crippen LogP contribution in [0.1, 0.15) is 13.8 Å². The predicted molar refractivity (Wildman–Crippen MR) is 94.9 cm³/mol. The number of hydroxylamine groups is 3. The lowest BCUT2D eigenvalue weighted by molar-refractivity contribution is -0.875. The van der Waals surface area contributed by atoms with Crippen molar-refractivity contribution >= 4 is 21.2 Å². The first kappa shape index (κ1) is 17.0. The zero-order chi connectivity index (χ0) is 17.4. The second-order valence-corrected chi connectivity index (χ2v) is 7.89. The number of para-hydroxylation sites is 2. The molecule has 1 aliphatic rings. The second-order valence-electron chi connectivity index (χ2n) is 6.00. The number of hydrogen-bond donors (Lipinski definition) is 0. The molecule has 0 aliphatic carbocycles. The van der Waals surface area contributed by atoms with Crippen molar-refractivity contribution in [2.75, 3.05) is 31.1 Å². The fourth-order valence-corrected chi connectivity index (χ4v) is 4.79. The first-order chi connectivity index (χ1) is 11.4. The molecule has 1 heterocycles. The summed E-state index contributed by atoms with van der Waals surface area (Å²) in [5.41, 5.74) is 1.30. The molecule has 0 spiro atoms. The van der Waals surface area contributed by atoms with Crippen molar-refractivity contribution < 1.29 is 13.1 Å². The Bertz CT molecular complexity index is 791. The summed E-state index contributed by atoms with van der Waals surface area (Å²) in [5, 5.41) is 12.6. The summed E-state index contributed by atoms with van der Waals surface area (Å²) in [6.07, 6.45) is 0. The summed E-state index contributed by atoms with van der Waals surface area (Å²) >= 11 is 0. The van der Waals surface area contributed by atoms with Gasteiger partial charge in [0.05, 0.1) is 47.3 Å². The van der Waals surface area contributed by atoms with Gasteiger partial charge < -0.3 is 14.8 Å². The van der Waals surface area contributed by atoms with Gasteiger partial charge in [0.15, 0.2) is 0 Å². The van der Waals surface area contributed by atoms with Crippen LogP contribution in [0.15, 0.2) is 58.3 Å². The number of fused-ring (bicyclic) bond motifs is 2. The lowest BCUT2D eigenvalue weighted by Gasteiger charge is -2.43. The molecule has 0 bridgehead atoms. The van der Waals surface area contributed by atoms with Gasteiger partial charge in [-0.05, 0) is 38.1 Å². The molecular weight excluding hydrogens is 324 g/mol. The number of anilines is 2. The molecule has 24 heavy (non-hydrogen) atoms. The molecule has 6 heteroatoms. The fraction of sp³-hybridized carbons (Fsp3) is 0.333. The lowest BCUT2D eigenvalue weighted by Crippen LogP contribution is -2.46. The molecule has 128 valence electrons. The molecule has 3 rings (SSSR count). The molecule has 2 aromatic carbocycles. The van der Waals surface area contributed by atoms with Gasteiger partial charge in [0.25, 0.3) is 0 Å². The van der Waals surface area contributed by atoms with Crippen LogP contribution in [-0.4, -0.2) is 39.2 Å². The van der Waals surface area contributed by atoms with E-state index in [1.165, 1.54) is 0 Å². The molecule has 0 amide bonds. The van der Waals surface area contributed by atoms with E-state index in [2.05, 4.69) is 0 Å². The van der Waals surface area contributed by atoms with Crippen molar-refractivity contribution in [3.63, 3.8) is 0 Å². The summed E-state index contributed by atoms with van der Waals surface area (Å²) in [6, 6.07) is 14.0. The van der Waals surface area contributed by atoms with Crippen LogP contribution in [0.25, 0.3) is 0 Å². The monoisotopic (exact) mass is 346 g/mol. The number of sulfone groups is 1. The van der Waals surface area contributed by atoms with E-state index in [-0.39, 0.29) is 4.65 Å². The number of likely N-dealkylation sites (N-methyl/N-ethyl adjacent to an activating group) is 1. The highest BCUT2D eigenvalue weighted by Gasteiger charge is 2.34. The van der Waals surface area contributed by atoms with Crippen LogP contribution in [-0.2, 0) is 9.84 Å². The average Bonchev–Trinajstić information content (AvgIpc) is 2.61. The van der Waals surface area contributed by atoms with Crippen molar-refractivity contribution in [1.82, 2.24) is 0 Å². The van der Waals surface area contributed by atoms with Gasteiger partial charge in [-0.3, -0.25) is 0 Å². The molecule has 1 aliphatic heterocycles. The number of rotatable bonds is 5. The van der Waals surface area contributed by atoms with Gasteiger partial charge in [-0.1, -0.05) is 24.3 Å². The van der Waals surface area contributed by atoms with Crippen molar-refractivity contribution in [3.05, 3.63) is 53.7 Å². The van der Waals surface area contributed by atoms with Gasteiger partial charge in [-0.25, -0.2) is 8.42 Å². The first-order valence-corrected chi connectivity index (χ1v) is 9.69. The highest BCUT2D eigenvalue weighted by molar-refractivity contribution is 7.92. The summed E-state index contributed by atoms with van der Waals surface area (Å²) in [6.45, 7) is 5.68. The molecule has 5 nitrogen and oxygen atoms in total. The molecular formula is C18H22N2O3S. The number of nitrogens with zero attached hydrogens (tertiary/aromatic N) is 2. The van der Waals surface area contributed by atoms with Crippen LogP contribution in [0, 0.1) is 5.21 Å². The highest BCUT2D eigenvalue weighted by Crippen LogP contribution is 2.43. The minimum absolute atomic E-state index is 0.284. The molecule has 0 fully saturated rings. The molecule has 0 atom stereocenters. The zero-order valence-corrected chi connectivity index (χ0v) is 14.8. The molecule has 0 N–H and O–H groups in total. The minimum atomic E-state index is -3.52. The topological polar surface area (TPSA) is 60.4 Å². The van der Waals surface area contributed by atoms with Crippen LogP contribution in [0.5, 0.6) is 0 Å². The average molecular weight is 346 g/mol. The van der Waals surface area contributed by atoms with Crippen molar-refractivity contribution in [2.45, 2.75) is 23.6 Å². The van der Waals surface area contributed by atoms with Gasteiger partial charge in [-0.15, -0.1) is 0 Å². The van der Waals surface area contributed by atoms with Gasteiger partial charge in [0, 0.05) is 0 Å². The van der Waals surface area contributed by atoms with E-state index in [0.717, 1.165) is 0 Å². The third kappa shape index (κ3) is 2.70. The molecule has 0 radical (unpaired) electrons. The Hall–Kier alpha value is -1.89. The van der Waals surface area contributed by atoms with Crippen LogP contribution >= 0.6 is 0 Å². The van der Waals surface area contributed by atoms with E-state index in [9.17, 15) is 13.6 Å². The number of hydrogen-bond acceptors (Lipinski definition) is 4. The van der Waals surface area contributed by atoms with Gasteiger partial charge >= 0.3 is 0 Å². The van der Waals surface area contributed by atoms with E-state index in [1.807, 2.05) is 30.9 Å². The normalized spacial score (nSPS) is 15.7. The Labute approximate surface area is 143 Å². The van der Waals surface area contributed by atoms with E-state index >= 15 is 0 Å². The molecule has 0 saturated carbocycles. The maximum Gasteiger partial charge on any atom is 0.210 e. The number of quaternary nitrogens is 1. The number of benzene rings is 2. The van der Waals surface area contributed by atoms with Crippen molar-refractivity contribution in [1.29, 1.82) is 0 Å². The van der Waals surface area contributed by atoms with Crippen LogP contribution in [0.4, 0.5) is 11.4 Å². The van der Waals surface area contributed by atoms with Crippen molar-refractivity contribution in [3.8, 4) is 0 Å². The Balaban J connectivity index is 2.08. The van der Waals surface area contributed by atoms with Gasteiger partial charge in [0.2, 0.25) is 9.84 Å².